The molecule has 116 valence electrons. The number of ether oxygens (including phenoxy) is 3. The fraction of sp³-hybridized carbons (Fsp3) is 0.533. The first kappa shape index (κ1) is 15.4. The van der Waals surface area contributed by atoms with Crippen LogP contribution in [0.4, 0.5) is 0 Å². The third-order valence-corrected chi connectivity index (χ3v) is 3.58. The molecule has 2 N–H and O–H groups in total. The van der Waals surface area contributed by atoms with Gasteiger partial charge in [-0.15, -0.1) is 0 Å². The number of piperidine rings is 1. The van der Waals surface area contributed by atoms with E-state index < -0.39 is 0 Å². The topological polar surface area (TPSA) is 68.8 Å². The fourth-order valence-corrected chi connectivity index (χ4v) is 2.41. The summed E-state index contributed by atoms with van der Waals surface area (Å²) in [5.41, 5.74) is 1.04. The van der Waals surface area contributed by atoms with Gasteiger partial charge in [-0.1, -0.05) is 0 Å². The van der Waals surface area contributed by atoms with Crippen LogP contribution in [0, 0.1) is 0 Å². The number of amides is 1. The Balaban J connectivity index is 2.04. The summed E-state index contributed by atoms with van der Waals surface area (Å²) in [5.74, 6) is 2.01. The minimum atomic E-state index is 0.126. The molecule has 1 saturated heterocycles. The first-order chi connectivity index (χ1) is 10.2. The summed E-state index contributed by atoms with van der Waals surface area (Å²) in [5, 5.41) is 6.29. The molecule has 1 unspecified atom stereocenters. The van der Waals surface area contributed by atoms with E-state index in [-0.39, 0.29) is 5.91 Å². The Morgan fingerprint density at radius 2 is 1.86 bits per heavy atom. The lowest BCUT2D eigenvalue weighted by Crippen LogP contribution is -2.45. The third kappa shape index (κ3) is 3.78. The lowest BCUT2D eigenvalue weighted by Gasteiger charge is -2.24. The molecule has 1 aliphatic rings. The number of hydrogen-bond acceptors (Lipinski definition) is 5. The average molecular weight is 294 g/mol. The van der Waals surface area contributed by atoms with E-state index in [2.05, 4.69) is 10.6 Å². The van der Waals surface area contributed by atoms with Crippen LogP contribution in [0.1, 0.15) is 18.4 Å². The monoisotopic (exact) mass is 294 g/mol. The Hall–Kier alpha value is -1.95. The Bertz CT molecular complexity index is 469. The lowest BCUT2D eigenvalue weighted by atomic mass is 10.1. The maximum absolute atomic E-state index is 11.1. The van der Waals surface area contributed by atoms with Crippen LogP contribution in [0.25, 0.3) is 0 Å². The highest BCUT2D eigenvalue weighted by molar-refractivity contribution is 5.76. The summed E-state index contributed by atoms with van der Waals surface area (Å²) in [4.78, 5) is 11.1. The van der Waals surface area contributed by atoms with Gasteiger partial charge in [-0.25, -0.2) is 0 Å². The lowest BCUT2D eigenvalue weighted by molar-refractivity contribution is -0.122. The van der Waals surface area contributed by atoms with E-state index in [0.29, 0.717) is 42.8 Å². The van der Waals surface area contributed by atoms with E-state index >= 15 is 0 Å². The van der Waals surface area contributed by atoms with Gasteiger partial charge in [0.25, 0.3) is 0 Å². The van der Waals surface area contributed by atoms with Gasteiger partial charge >= 0.3 is 0 Å². The highest BCUT2D eigenvalue weighted by Crippen LogP contribution is 2.38. The molecule has 21 heavy (non-hydrogen) atoms. The highest BCUT2D eigenvalue weighted by Gasteiger charge is 2.18. The van der Waals surface area contributed by atoms with Crippen LogP contribution in [-0.4, -0.2) is 39.8 Å². The molecule has 0 aliphatic carbocycles. The van der Waals surface area contributed by atoms with Gasteiger partial charge in [0.15, 0.2) is 11.5 Å². The van der Waals surface area contributed by atoms with Crippen LogP contribution in [0.2, 0.25) is 0 Å². The third-order valence-electron chi connectivity index (χ3n) is 3.58. The number of benzene rings is 1. The Labute approximate surface area is 124 Å². The van der Waals surface area contributed by atoms with Gasteiger partial charge in [0.1, 0.15) is 0 Å². The molecule has 1 aromatic carbocycles. The minimum Gasteiger partial charge on any atom is -0.493 e. The molecule has 6 nitrogen and oxygen atoms in total. The van der Waals surface area contributed by atoms with Crippen LogP contribution >= 0.6 is 0 Å². The fourth-order valence-electron chi connectivity index (χ4n) is 2.41. The van der Waals surface area contributed by atoms with Gasteiger partial charge in [0, 0.05) is 25.6 Å². The van der Waals surface area contributed by atoms with E-state index in [1.54, 1.807) is 21.3 Å². The molecule has 0 spiro atoms. The molecule has 6 heteroatoms. The van der Waals surface area contributed by atoms with Crippen molar-refractivity contribution in [2.75, 3.05) is 27.9 Å². The smallest absolute Gasteiger partial charge is 0.220 e. The van der Waals surface area contributed by atoms with E-state index in [9.17, 15) is 4.79 Å². The van der Waals surface area contributed by atoms with Crippen LogP contribution < -0.4 is 24.8 Å². The molecule has 1 heterocycles. The normalized spacial score (nSPS) is 18.0. The molecule has 1 amide bonds. The van der Waals surface area contributed by atoms with E-state index in [1.165, 1.54) is 0 Å². The van der Waals surface area contributed by atoms with Gasteiger partial charge in [-0.2, -0.15) is 0 Å². The van der Waals surface area contributed by atoms with Crippen LogP contribution in [0.3, 0.4) is 0 Å². The second-order valence-corrected chi connectivity index (χ2v) is 4.95. The van der Waals surface area contributed by atoms with Gasteiger partial charge in [-0.3, -0.25) is 4.79 Å². The van der Waals surface area contributed by atoms with Crippen LogP contribution in [-0.2, 0) is 11.3 Å². The number of carbonyl (C=O) groups is 1. The van der Waals surface area contributed by atoms with Crippen LogP contribution in [0.5, 0.6) is 17.2 Å². The molecule has 1 aromatic rings. The van der Waals surface area contributed by atoms with Crippen molar-refractivity contribution in [1.82, 2.24) is 10.6 Å². The SMILES string of the molecule is COc1cc(CNC2CCC(=O)NC2)cc(OC)c1OC. The van der Waals surface area contributed by atoms with Crippen molar-refractivity contribution in [3.63, 3.8) is 0 Å². The number of methoxy groups -OCH3 is 3. The molecule has 1 aliphatic heterocycles. The summed E-state index contributed by atoms with van der Waals surface area (Å²) < 4.78 is 16.0. The number of rotatable bonds is 6. The van der Waals surface area contributed by atoms with Crippen molar-refractivity contribution in [2.24, 2.45) is 0 Å². The second kappa shape index (κ2) is 7.17. The predicted molar refractivity (Wildman–Crippen MR) is 79.0 cm³/mol. The maximum Gasteiger partial charge on any atom is 0.220 e. The van der Waals surface area contributed by atoms with Crippen molar-refractivity contribution in [2.45, 2.75) is 25.4 Å². The summed E-state index contributed by atoms with van der Waals surface area (Å²) in [6.07, 6.45) is 1.43. The second-order valence-electron chi connectivity index (χ2n) is 4.95. The Morgan fingerprint density at radius 1 is 1.19 bits per heavy atom. The Kier molecular flexibility index (Phi) is 5.27. The quantitative estimate of drug-likeness (QED) is 0.822. The molecule has 0 radical (unpaired) electrons. The highest BCUT2D eigenvalue weighted by atomic mass is 16.5. The average Bonchev–Trinajstić information content (AvgIpc) is 2.53. The van der Waals surface area contributed by atoms with E-state index in [1.807, 2.05) is 12.1 Å². The molecule has 1 fully saturated rings. The zero-order valence-electron chi connectivity index (χ0n) is 12.7. The predicted octanol–water partition coefficient (Wildman–Crippen LogP) is 1.08. The molecule has 0 saturated carbocycles. The molecule has 2 rings (SSSR count). The van der Waals surface area contributed by atoms with Crippen LogP contribution in [0.15, 0.2) is 12.1 Å². The standard InChI is InChI=1S/C15H22N2O4/c1-19-12-6-10(7-13(20-2)15(12)21-3)8-16-11-4-5-14(18)17-9-11/h6-7,11,16H,4-5,8-9H2,1-3H3,(H,17,18). The minimum absolute atomic E-state index is 0.126. The number of hydrogen-bond donors (Lipinski definition) is 2. The summed E-state index contributed by atoms with van der Waals surface area (Å²) in [6.45, 7) is 1.35. The summed E-state index contributed by atoms with van der Waals surface area (Å²) >= 11 is 0. The maximum atomic E-state index is 11.1. The first-order valence-corrected chi connectivity index (χ1v) is 6.97. The molecular formula is C15H22N2O4. The van der Waals surface area contributed by atoms with Crippen molar-refractivity contribution in [1.29, 1.82) is 0 Å². The van der Waals surface area contributed by atoms with Gasteiger partial charge in [-0.05, 0) is 24.1 Å². The van der Waals surface area contributed by atoms with Gasteiger partial charge in [0.2, 0.25) is 11.7 Å². The van der Waals surface area contributed by atoms with Gasteiger partial charge < -0.3 is 24.8 Å². The first-order valence-electron chi connectivity index (χ1n) is 6.97. The van der Waals surface area contributed by atoms with Crippen molar-refractivity contribution in [3.8, 4) is 17.2 Å². The summed E-state index contributed by atoms with van der Waals surface area (Å²) in [6, 6.07) is 4.15. The van der Waals surface area contributed by atoms with E-state index in [0.717, 1.165) is 12.0 Å². The molecule has 0 bridgehead atoms. The zero-order chi connectivity index (χ0) is 15.2. The zero-order valence-corrected chi connectivity index (χ0v) is 12.7. The largest absolute Gasteiger partial charge is 0.493 e. The number of nitrogens with one attached hydrogen (secondary N) is 2. The van der Waals surface area contributed by atoms with Gasteiger partial charge in [0.05, 0.1) is 21.3 Å². The molecule has 0 aromatic heterocycles. The van der Waals surface area contributed by atoms with Crippen molar-refractivity contribution >= 4 is 5.91 Å². The molecular weight excluding hydrogens is 272 g/mol. The number of carbonyl (C=O) groups excluding carboxylic acids is 1. The molecule has 1 atom stereocenters. The van der Waals surface area contributed by atoms with E-state index in [4.69, 9.17) is 14.2 Å². The summed E-state index contributed by atoms with van der Waals surface area (Å²) in [7, 11) is 4.79. The van der Waals surface area contributed by atoms with Crippen molar-refractivity contribution in [3.05, 3.63) is 17.7 Å². The van der Waals surface area contributed by atoms with Crippen molar-refractivity contribution < 1.29 is 19.0 Å². The Morgan fingerprint density at radius 3 is 2.33 bits per heavy atom.